The van der Waals surface area contributed by atoms with Crippen LogP contribution in [0.1, 0.15) is 34.9 Å². The maximum Gasteiger partial charge on any atom is 0.260 e. The number of nitrogens with one attached hydrogen (secondary N) is 2. The van der Waals surface area contributed by atoms with Gasteiger partial charge in [-0.05, 0) is 30.5 Å². The standard InChI is InChI=1S/C18H20N2O3/c21-17-15(9-4-10-19-17)18(22)20-12-14-8-5-11-23-16(14)13-6-2-1-3-7-13/h1-4,6-7,9-10,14,16H,5,8,11-12H2,(H,19,21)(H,20,22)/t14-,16-/m1/s1. The number of H-pyrrole nitrogens is 1. The van der Waals surface area contributed by atoms with Crippen molar-refractivity contribution in [1.29, 1.82) is 0 Å². The summed E-state index contributed by atoms with van der Waals surface area (Å²) in [5, 5.41) is 2.87. The van der Waals surface area contributed by atoms with Crippen molar-refractivity contribution >= 4 is 5.91 Å². The Morgan fingerprint density at radius 3 is 2.83 bits per heavy atom. The van der Waals surface area contributed by atoms with Gasteiger partial charge in [0.25, 0.3) is 11.5 Å². The van der Waals surface area contributed by atoms with E-state index >= 15 is 0 Å². The summed E-state index contributed by atoms with van der Waals surface area (Å²) in [6.45, 7) is 1.23. The molecule has 1 aromatic carbocycles. The number of rotatable bonds is 4. The summed E-state index contributed by atoms with van der Waals surface area (Å²) < 4.78 is 5.92. The van der Waals surface area contributed by atoms with Gasteiger partial charge in [-0.3, -0.25) is 9.59 Å². The van der Waals surface area contributed by atoms with Crippen molar-refractivity contribution in [1.82, 2.24) is 10.3 Å². The number of ether oxygens (including phenoxy) is 1. The number of benzene rings is 1. The molecule has 1 fully saturated rings. The second-order valence-electron chi connectivity index (χ2n) is 5.73. The fraction of sp³-hybridized carbons (Fsp3) is 0.333. The summed E-state index contributed by atoms with van der Waals surface area (Å²) in [6.07, 6.45) is 3.47. The van der Waals surface area contributed by atoms with Gasteiger partial charge in [-0.1, -0.05) is 30.3 Å². The van der Waals surface area contributed by atoms with E-state index in [0.717, 1.165) is 25.0 Å². The maximum atomic E-state index is 12.2. The van der Waals surface area contributed by atoms with E-state index in [-0.39, 0.29) is 29.1 Å². The molecule has 0 unspecified atom stereocenters. The van der Waals surface area contributed by atoms with Crippen LogP contribution in [0.5, 0.6) is 0 Å². The van der Waals surface area contributed by atoms with Crippen LogP contribution in [-0.2, 0) is 4.74 Å². The molecule has 0 saturated carbocycles. The van der Waals surface area contributed by atoms with Crippen molar-refractivity contribution in [2.45, 2.75) is 18.9 Å². The van der Waals surface area contributed by atoms with Gasteiger partial charge < -0.3 is 15.0 Å². The quantitative estimate of drug-likeness (QED) is 0.910. The summed E-state index contributed by atoms with van der Waals surface area (Å²) in [5.74, 6) is -0.137. The number of aromatic nitrogens is 1. The van der Waals surface area contributed by atoms with Crippen molar-refractivity contribution in [3.8, 4) is 0 Å². The molecule has 2 N–H and O–H groups in total. The summed E-state index contributed by atoms with van der Waals surface area (Å²) in [6, 6.07) is 13.2. The zero-order chi connectivity index (χ0) is 16.1. The van der Waals surface area contributed by atoms with Crippen LogP contribution in [0.15, 0.2) is 53.5 Å². The minimum Gasteiger partial charge on any atom is -0.373 e. The minimum atomic E-state index is -0.371. The number of hydrogen-bond acceptors (Lipinski definition) is 3. The molecule has 0 aliphatic carbocycles. The first-order chi connectivity index (χ1) is 11.3. The average Bonchev–Trinajstić information content (AvgIpc) is 2.61. The molecule has 2 heterocycles. The molecule has 0 radical (unpaired) electrons. The highest BCUT2D eigenvalue weighted by molar-refractivity contribution is 5.93. The number of amides is 1. The summed E-state index contributed by atoms with van der Waals surface area (Å²) in [4.78, 5) is 26.3. The summed E-state index contributed by atoms with van der Waals surface area (Å²) in [5.41, 5.74) is 0.897. The molecule has 1 aliphatic heterocycles. The molecule has 5 heteroatoms. The molecule has 1 aromatic heterocycles. The van der Waals surface area contributed by atoms with Crippen LogP contribution >= 0.6 is 0 Å². The van der Waals surface area contributed by atoms with Crippen molar-refractivity contribution in [2.75, 3.05) is 13.2 Å². The first-order valence-corrected chi connectivity index (χ1v) is 7.88. The molecule has 3 rings (SSSR count). The second kappa shape index (κ2) is 7.24. The number of carbonyl (C=O) groups excluding carboxylic acids is 1. The zero-order valence-electron chi connectivity index (χ0n) is 12.8. The molecule has 1 amide bonds. The molecular weight excluding hydrogens is 292 g/mol. The topological polar surface area (TPSA) is 71.2 Å². The Morgan fingerprint density at radius 2 is 2.04 bits per heavy atom. The first-order valence-electron chi connectivity index (χ1n) is 7.88. The lowest BCUT2D eigenvalue weighted by atomic mass is 9.89. The summed E-state index contributed by atoms with van der Waals surface area (Å²) in [7, 11) is 0. The maximum absolute atomic E-state index is 12.2. The van der Waals surface area contributed by atoms with E-state index in [2.05, 4.69) is 10.3 Å². The van der Waals surface area contributed by atoms with E-state index in [1.165, 1.54) is 12.3 Å². The van der Waals surface area contributed by atoms with Gasteiger partial charge in [-0.15, -0.1) is 0 Å². The van der Waals surface area contributed by atoms with Crippen LogP contribution in [0.3, 0.4) is 0 Å². The third kappa shape index (κ3) is 3.68. The third-order valence-electron chi connectivity index (χ3n) is 4.16. The van der Waals surface area contributed by atoms with Gasteiger partial charge in [0.2, 0.25) is 0 Å². The Balaban J connectivity index is 1.67. The largest absolute Gasteiger partial charge is 0.373 e. The van der Waals surface area contributed by atoms with Crippen LogP contribution in [0, 0.1) is 5.92 Å². The van der Waals surface area contributed by atoms with E-state index in [1.54, 1.807) is 6.07 Å². The van der Waals surface area contributed by atoms with Crippen LogP contribution in [0.25, 0.3) is 0 Å². The molecule has 2 aromatic rings. The Kier molecular flexibility index (Phi) is 4.88. The van der Waals surface area contributed by atoms with E-state index in [4.69, 9.17) is 4.74 Å². The van der Waals surface area contributed by atoms with Gasteiger partial charge in [0.05, 0.1) is 6.10 Å². The molecule has 23 heavy (non-hydrogen) atoms. The summed E-state index contributed by atoms with van der Waals surface area (Å²) >= 11 is 0. The fourth-order valence-corrected chi connectivity index (χ4v) is 2.98. The highest BCUT2D eigenvalue weighted by atomic mass is 16.5. The number of carbonyl (C=O) groups is 1. The molecule has 5 nitrogen and oxygen atoms in total. The van der Waals surface area contributed by atoms with Crippen molar-refractivity contribution < 1.29 is 9.53 Å². The molecule has 1 aliphatic rings. The van der Waals surface area contributed by atoms with Gasteiger partial charge in [-0.25, -0.2) is 0 Å². The Morgan fingerprint density at radius 1 is 1.22 bits per heavy atom. The SMILES string of the molecule is O=C(NC[C@H]1CCCO[C@@H]1c1ccccc1)c1ccc[nH]c1=O. The third-order valence-corrected chi connectivity index (χ3v) is 4.16. The molecule has 2 atom stereocenters. The fourth-order valence-electron chi connectivity index (χ4n) is 2.98. The van der Waals surface area contributed by atoms with Crippen LogP contribution in [0.2, 0.25) is 0 Å². The number of hydrogen-bond donors (Lipinski definition) is 2. The Hall–Kier alpha value is -2.40. The molecule has 0 bridgehead atoms. The van der Waals surface area contributed by atoms with Crippen molar-refractivity contribution in [3.05, 3.63) is 70.1 Å². The lowest BCUT2D eigenvalue weighted by Gasteiger charge is -2.32. The predicted octanol–water partition coefficient (Wildman–Crippen LogP) is 2.27. The number of pyridine rings is 1. The van der Waals surface area contributed by atoms with Gasteiger partial charge in [-0.2, -0.15) is 0 Å². The highest BCUT2D eigenvalue weighted by Crippen LogP contribution is 2.33. The van der Waals surface area contributed by atoms with Crippen LogP contribution in [0.4, 0.5) is 0 Å². The van der Waals surface area contributed by atoms with E-state index < -0.39 is 0 Å². The van der Waals surface area contributed by atoms with Crippen LogP contribution in [-0.4, -0.2) is 24.0 Å². The van der Waals surface area contributed by atoms with Gasteiger partial charge in [0.1, 0.15) is 5.56 Å². The normalized spacial score (nSPS) is 20.9. The Bertz CT molecular complexity index is 711. The van der Waals surface area contributed by atoms with E-state index in [9.17, 15) is 9.59 Å². The molecular formula is C18H20N2O3. The smallest absolute Gasteiger partial charge is 0.260 e. The first kappa shape index (κ1) is 15.5. The molecule has 120 valence electrons. The van der Waals surface area contributed by atoms with E-state index in [1.807, 2.05) is 30.3 Å². The molecule has 1 saturated heterocycles. The van der Waals surface area contributed by atoms with E-state index in [0.29, 0.717) is 6.54 Å². The lowest BCUT2D eigenvalue weighted by molar-refractivity contribution is -0.0272. The average molecular weight is 312 g/mol. The van der Waals surface area contributed by atoms with Gasteiger partial charge in [0, 0.05) is 25.3 Å². The van der Waals surface area contributed by atoms with Gasteiger partial charge in [0.15, 0.2) is 0 Å². The Labute approximate surface area is 134 Å². The monoisotopic (exact) mass is 312 g/mol. The van der Waals surface area contributed by atoms with Crippen molar-refractivity contribution in [2.24, 2.45) is 5.92 Å². The molecule has 0 spiro atoms. The lowest BCUT2D eigenvalue weighted by Crippen LogP contribution is -2.37. The van der Waals surface area contributed by atoms with Gasteiger partial charge >= 0.3 is 0 Å². The zero-order valence-corrected chi connectivity index (χ0v) is 12.8. The minimum absolute atomic E-state index is 0.0145. The predicted molar refractivity (Wildman–Crippen MR) is 87.3 cm³/mol. The number of aromatic amines is 1. The highest BCUT2D eigenvalue weighted by Gasteiger charge is 2.27. The second-order valence-corrected chi connectivity index (χ2v) is 5.73. The van der Waals surface area contributed by atoms with Crippen molar-refractivity contribution in [3.63, 3.8) is 0 Å². The van der Waals surface area contributed by atoms with Crippen LogP contribution < -0.4 is 10.9 Å².